The number of hydrogen-bond donors (Lipinski definition) is 1. The number of halogens is 1. The number of para-hydroxylation sites is 1. The average molecular weight is 276 g/mol. The lowest BCUT2D eigenvalue weighted by Crippen LogP contribution is -2.10. The Balaban J connectivity index is 1.88. The smallest absolute Gasteiger partial charge is 0.125 e. The number of rotatable bonds is 6. The quantitative estimate of drug-likeness (QED) is 0.822. The summed E-state index contributed by atoms with van der Waals surface area (Å²) in [6.07, 6.45) is -0.782. The molecule has 0 heterocycles. The van der Waals surface area contributed by atoms with E-state index in [1.54, 1.807) is 6.92 Å². The molecule has 0 amide bonds. The summed E-state index contributed by atoms with van der Waals surface area (Å²) >= 11 is 0. The van der Waals surface area contributed by atoms with Gasteiger partial charge in [-0.1, -0.05) is 18.2 Å². The van der Waals surface area contributed by atoms with E-state index in [9.17, 15) is 9.50 Å². The van der Waals surface area contributed by atoms with Crippen molar-refractivity contribution < 1.29 is 19.0 Å². The molecule has 0 saturated heterocycles. The summed E-state index contributed by atoms with van der Waals surface area (Å²) in [4.78, 5) is 0. The maximum atomic E-state index is 13.1. The van der Waals surface area contributed by atoms with Crippen LogP contribution in [0, 0.1) is 5.82 Å². The van der Waals surface area contributed by atoms with Gasteiger partial charge < -0.3 is 14.6 Å². The van der Waals surface area contributed by atoms with Gasteiger partial charge in [-0.2, -0.15) is 0 Å². The molecular weight excluding hydrogens is 259 g/mol. The van der Waals surface area contributed by atoms with Crippen LogP contribution in [0.2, 0.25) is 0 Å². The van der Waals surface area contributed by atoms with Crippen molar-refractivity contribution in [2.24, 2.45) is 0 Å². The predicted octanol–water partition coefficient (Wildman–Crippen LogP) is 3.34. The van der Waals surface area contributed by atoms with Gasteiger partial charge in [-0.05, 0) is 37.3 Å². The highest BCUT2D eigenvalue weighted by atomic mass is 19.1. The molecule has 0 bridgehead atoms. The summed E-state index contributed by atoms with van der Waals surface area (Å²) in [5.41, 5.74) is 0.435. The molecule has 4 heteroatoms. The highest BCUT2D eigenvalue weighted by Crippen LogP contribution is 2.25. The van der Waals surface area contributed by atoms with E-state index < -0.39 is 11.9 Å². The van der Waals surface area contributed by atoms with Crippen LogP contribution < -0.4 is 9.47 Å². The standard InChI is InChI=1S/C16H17FO3/c1-12(18)15-11-13(17)7-8-16(15)20-10-9-19-14-5-3-2-4-6-14/h2-8,11-12,18H,9-10H2,1H3. The summed E-state index contributed by atoms with van der Waals surface area (Å²) in [6.45, 7) is 2.27. The highest BCUT2D eigenvalue weighted by Gasteiger charge is 2.10. The zero-order valence-electron chi connectivity index (χ0n) is 11.3. The van der Waals surface area contributed by atoms with Gasteiger partial charge in [0.05, 0.1) is 6.10 Å². The summed E-state index contributed by atoms with van der Waals surface area (Å²) in [6, 6.07) is 13.5. The van der Waals surface area contributed by atoms with Crippen molar-refractivity contribution in [3.8, 4) is 11.5 Å². The fourth-order valence-electron chi connectivity index (χ4n) is 1.81. The van der Waals surface area contributed by atoms with E-state index in [0.717, 1.165) is 5.75 Å². The number of hydrogen-bond acceptors (Lipinski definition) is 3. The first-order valence-corrected chi connectivity index (χ1v) is 6.45. The Bertz CT molecular complexity index is 541. The van der Waals surface area contributed by atoms with E-state index in [1.807, 2.05) is 30.3 Å². The van der Waals surface area contributed by atoms with Crippen molar-refractivity contribution in [3.05, 3.63) is 59.9 Å². The van der Waals surface area contributed by atoms with Gasteiger partial charge in [0.2, 0.25) is 0 Å². The molecule has 0 saturated carbocycles. The Morgan fingerprint density at radius 2 is 1.75 bits per heavy atom. The molecule has 0 aliphatic rings. The molecule has 0 aliphatic carbocycles. The maximum Gasteiger partial charge on any atom is 0.125 e. The van der Waals surface area contributed by atoms with Crippen molar-refractivity contribution in [1.29, 1.82) is 0 Å². The lowest BCUT2D eigenvalue weighted by molar-refractivity contribution is 0.181. The van der Waals surface area contributed by atoms with Crippen LogP contribution in [-0.4, -0.2) is 18.3 Å². The van der Waals surface area contributed by atoms with Gasteiger partial charge in [0, 0.05) is 5.56 Å². The van der Waals surface area contributed by atoms with E-state index in [-0.39, 0.29) is 0 Å². The molecule has 2 rings (SSSR count). The topological polar surface area (TPSA) is 38.7 Å². The average Bonchev–Trinajstić information content (AvgIpc) is 2.45. The van der Waals surface area contributed by atoms with Gasteiger partial charge in [-0.25, -0.2) is 4.39 Å². The zero-order valence-corrected chi connectivity index (χ0v) is 11.3. The molecule has 0 spiro atoms. The van der Waals surface area contributed by atoms with Gasteiger partial charge in [0.1, 0.15) is 30.5 Å². The Morgan fingerprint density at radius 1 is 1.05 bits per heavy atom. The zero-order chi connectivity index (χ0) is 14.4. The summed E-state index contributed by atoms with van der Waals surface area (Å²) in [5.74, 6) is 0.845. The largest absolute Gasteiger partial charge is 0.490 e. The second-order valence-electron chi connectivity index (χ2n) is 4.37. The monoisotopic (exact) mass is 276 g/mol. The van der Waals surface area contributed by atoms with E-state index >= 15 is 0 Å². The molecule has 106 valence electrons. The van der Waals surface area contributed by atoms with Crippen molar-refractivity contribution in [2.75, 3.05) is 13.2 Å². The lowest BCUT2D eigenvalue weighted by Gasteiger charge is -2.14. The van der Waals surface area contributed by atoms with E-state index in [0.29, 0.717) is 24.5 Å². The van der Waals surface area contributed by atoms with Crippen LogP contribution in [0.1, 0.15) is 18.6 Å². The van der Waals surface area contributed by atoms with Crippen LogP contribution in [0.3, 0.4) is 0 Å². The van der Waals surface area contributed by atoms with Crippen LogP contribution in [0.4, 0.5) is 4.39 Å². The molecule has 1 unspecified atom stereocenters. The molecular formula is C16H17FO3. The number of benzene rings is 2. The fraction of sp³-hybridized carbons (Fsp3) is 0.250. The molecule has 1 atom stereocenters. The first-order chi connectivity index (χ1) is 9.66. The predicted molar refractivity (Wildman–Crippen MR) is 74.5 cm³/mol. The first-order valence-electron chi connectivity index (χ1n) is 6.45. The lowest BCUT2D eigenvalue weighted by atomic mass is 10.1. The number of aliphatic hydroxyl groups excluding tert-OH is 1. The number of aliphatic hydroxyl groups is 1. The summed E-state index contributed by atoms with van der Waals surface area (Å²) in [7, 11) is 0. The minimum atomic E-state index is -0.782. The molecule has 0 aromatic heterocycles. The molecule has 3 nitrogen and oxygen atoms in total. The van der Waals surface area contributed by atoms with Gasteiger partial charge in [-0.15, -0.1) is 0 Å². The first kappa shape index (κ1) is 14.3. The van der Waals surface area contributed by atoms with Crippen molar-refractivity contribution in [1.82, 2.24) is 0 Å². The third kappa shape index (κ3) is 3.96. The second kappa shape index (κ2) is 6.91. The van der Waals surface area contributed by atoms with Crippen LogP contribution in [0.15, 0.2) is 48.5 Å². The Kier molecular flexibility index (Phi) is 4.96. The Morgan fingerprint density at radius 3 is 2.45 bits per heavy atom. The fourth-order valence-corrected chi connectivity index (χ4v) is 1.81. The minimum Gasteiger partial charge on any atom is -0.490 e. The maximum absolute atomic E-state index is 13.1. The van der Waals surface area contributed by atoms with Gasteiger partial charge >= 0.3 is 0 Å². The molecule has 1 N–H and O–H groups in total. The van der Waals surface area contributed by atoms with Crippen LogP contribution in [-0.2, 0) is 0 Å². The summed E-state index contributed by atoms with van der Waals surface area (Å²) in [5, 5.41) is 9.59. The minimum absolute atomic E-state index is 0.320. The van der Waals surface area contributed by atoms with Gasteiger partial charge in [0.15, 0.2) is 0 Å². The molecule has 0 radical (unpaired) electrons. The van der Waals surface area contributed by atoms with Crippen molar-refractivity contribution in [3.63, 3.8) is 0 Å². The number of ether oxygens (including phenoxy) is 2. The normalized spacial score (nSPS) is 11.9. The Hall–Kier alpha value is -2.07. The molecule has 0 aliphatic heterocycles. The Labute approximate surface area is 117 Å². The molecule has 0 fully saturated rings. The van der Waals surface area contributed by atoms with Crippen LogP contribution >= 0.6 is 0 Å². The second-order valence-corrected chi connectivity index (χ2v) is 4.37. The third-order valence-electron chi connectivity index (χ3n) is 2.77. The van der Waals surface area contributed by atoms with Gasteiger partial charge in [-0.3, -0.25) is 0 Å². The van der Waals surface area contributed by atoms with E-state index in [2.05, 4.69) is 0 Å². The van der Waals surface area contributed by atoms with Crippen molar-refractivity contribution in [2.45, 2.75) is 13.0 Å². The van der Waals surface area contributed by atoms with Gasteiger partial charge in [0.25, 0.3) is 0 Å². The van der Waals surface area contributed by atoms with Crippen molar-refractivity contribution >= 4 is 0 Å². The highest BCUT2D eigenvalue weighted by molar-refractivity contribution is 5.35. The SMILES string of the molecule is CC(O)c1cc(F)ccc1OCCOc1ccccc1. The molecule has 20 heavy (non-hydrogen) atoms. The van der Waals surface area contributed by atoms with Crippen LogP contribution in [0.5, 0.6) is 11.5 Å². The molecule has 2 aromatic carbocycles. The van der Waals surface area contributed by atoms with Crippen LogP contribution in [0.25, 0.3) is 0 Å². The summed E-state index contributed by atoms with van der Waals surface area (Å²) < 4.78 is 24.1. The third-order valence-corrected chi connectivity index (χ3v) is 2.77. The molecule has 2 aromatic rings. The van der Waals surface area contributed by atoms with E-state index in [1.165, 1.54) is 18.2 Å². The van der Waals surface area contributed by atoms with E-state index in [4.69, 9.17) is 9.47 Å².